The number of hydrogen-bond donors (Lipinski definition) is 2. The highest BCUT2D eigenvalue weighted by molar-refractivity contribution is 5.96. The first-order valence-corrected chi connectivity index (χ1v) is 9.76. The second-order valence-electron chi connectivity index (χ2n) is 8.21. The van der Waals surface area contributed by atoms with Gasteiger partial charge in [-0.3, -0.25) is 14.6 Å². The number of carbonyl (C=O) groups is 2. The van der Waals surface area contributed by atoms with Crippen LogP contribution in [0.5, 0.6) is 0 Å². The monoisotopic (exact) mass is 379 g/mol. The van der Waals surface area contributed by atoms with Crippen molar-refractivity contribution in [2.75, 3.05) is 5.32 Å². The van der Waals surface area contributed by atoms with E-state index < -0.39 is 5.41 Å². The molecule has 2 aromatic heterocycles. The van der Waals surface area contributed by atoms with Crippen molar-refractivity contribution in [1.82, 2.24) is 20.3 Å². The normalized spacial score (nSPS) is 25.9. The number of nitrogens with one attached hydrogen (secondary N) is 2. The molecule has 2 bridgehead atoms. The molecule has 2 aliphatic rings. The number of pyridine rings is 1. The van der Waals surface area contributed by atoms with E-state index in [1.54, 1.807) is 6.20 Å². The second-order valence-corrected chi connectivity index (χ2v) is 8.21. The third kappa shape index (κ3) is 3.48. The zero-order chi connectivity index (χ0) is 19.8. The molecule has 2 fully saturated rings. The molecule has 2 atom stereocenters. The van der Waals surface area contributed by atoms with Crippen molar-refractivity contribution in [3.8, 4) is 0 Å². The minimum atomic E-state index is -0.449. The van der Waals surface area contributed by atoms with Crippen molar-refractivity contribution in [2.45, 2.75) is 57.9 Å². The van der Waals surface area contributed by atoms with Gasteiger partial charge in [-0.05, 0) is 58.1 Å². The van der Waals surface area contributed by atoms with E-state index in [4.69, 9.17) is 0 Å². The van der Waals surface area contributed by atoms with Gasteiger partial charge in [0.05, 0.1) is 17.3 Å². The molecule has 2 heterocycles. The van der Waals surface area contributed by atoms with Gasteiger partial charge in [0.15, 0.2) is 0 Å². The van der Waals surface area contributed by atoms with E-state index in [2.05, 4.69) is 25.6 Å². The average molecular weight is 379 g/mol. The molecule has 4 rings (SSSR count). The Hall–Kier alpha value is -2.83. The second kappa shape index (κ2) is 6.96. The number of carbonyl (C=O) groups excluding carboxylic acids is 2. The minimum Gasteiger partial charge on any atom is -0.345 e. The fourth-order valence-corrected chi connectivity index (χ4v) is 4.65. The van der Waals surface area contributed by atoms with Gasteiger partial charge in [0.1, 0.15) is 11.5 Å². The predicted molar refractivity (Wildman–Crippen MR) is 105 cm³/mol. The van der Waals surface area contributed by atoms with E-state index in [9.17, 15) is 9.59 Å². The van der Waals surface area contributed by atoms with Gasteiger partial charge in [-0.1, -0.05) is 12.5 Å². The van der Waals surface area contributed by atoms with E-state index in [0.717, 1.165) is 43.5 Å². The summed E-state index contributed by atoms with van der Waals surface area (Å²) in [6.45, 7) is 3.74. The lowest BCUT2D eigenvalue weighted by Gasteiger charge is -2.39. The first kappa shape index (κ1) is 18.5. The van der Waals surface area contributed by atoms with Crippen LogP contribution in [0.15, 0.2) is 30.6 Å². The maximum Gasteiger partial charge on any atom is 0.271 e. The first-order chi connectivity index (χ1) is 13.4. The summed E-state index contributed by atoms with van der Waals surface area (Å²) in [5, 5.41) is 6.17. The van der Waals surface area contributed by atoms with Crippen molar-refractivity contribution in [1.29, 1.82) is 0 Å². The Morgan fingerprint density at radius 1 is 1.00 bits per heavy atom. The summed E-state index contributed by atoms with van der Waals surface area (Å²) >= 11 is 0. The zero-order valence-electron chi connectivity index (χ0n) is 16.3. The van der Waals surface area contributed by atoms with Gasteiger partial charge < -0.3 is 10.6 Å². The smallest absolute Gasteiger partial charge is 0.271 e. The Kier molecular flexibility index (Phi) is 4.61. The number of amides is 2. The van der Waals surface area contributed by atoms with Crippen molar-refractivity contribution in [2.24, 2.45) is 5.41 Å². The van der Waals surface area contributed by atoms with Crippen molar-refractivity contribution < 1.29 is 9.59 Å². The van der Waals surface area contributed by atoms with Crippen LogP contribution in [0.2, 0.25) is 0 Å². The number of nitrogens with zero attached hydrogens (tertiary/aromatic N) is 3. The van der Waals surface area contributed by atoms with Crippen LogP contribution in [-0.4, -0.2) is 32.3 Å². The van der Waals surface area contributed by atoms with Crippen LogP contribution in [0.4, 0.5) is 5.82 Å². The van der Waals surface area contributed by atoms with Crippen LogP contribution >= 0.6 is 0 Å². The zero-order valence-corrected chi connectivity index (χ0v) is 16.3. The molecule has 2 unspecified atom stereocenters. The quantitative estimate of drug-likeness (QED) is 0.851. The van der Waals surface area contributed by atoms with Crippen LogP contribution in [-0.2, 0) is 4.79 Å². The van der Waals surface area contributed by atoms with Crippen LogP contribution in [0.25, 0.3) is 0 Å². The molecular formula is C21H25N5O2. The van der Waals surface area contributed by atoms with Crippen LogP contribution in [0.1, 0.15) is 60.4 Å². The van der Waals surface area contributed by atoms with Gasteiger partial charge in [-0.2, -0.15) is 0 Å². The Balaban J connectivity index is 1.48. The number of fused-ring (bicyclic) bond motifs is 2. The van der Waals surface area contributed by atoms with Gasteiger partial charge in [0, 0.05) is 17.4 Å². The SMILES string of the molecule is Cc1cnc(C(=O)NC23CCCC(C(=O)Nc4cccc(C)n4)(CC2)C3)cn1. The van der Waals surface area contributed by atoms with E-state index in [1.807, 2.05) is 32.0 Å². The van der Waals surface area contributed by atoms with Gasteiger partial charge in [-0.15, -0.1) is 0 Å². The third-order valence-electron chi connectivity index (χ3n) is 6.07. The molecule has 0 aromatic carbocycles. The first-order valence-electron chi connectivity index (χ1n) is 9.76. The molecule has 0 radical (unpaired) electrons. The van der Waals surface area contributed by atoms with Crippen molar-refractivity contribution in [3.63, 3.8) is 0 Å². The van der Waals surface area contributed by atoms with Crippen molar-refractivity contribution >= 4 is 17.6 Å². The van der Waals surface area contributed by atoms with Gasteiger partial charge in [0.2, 0.25) is 5.91 Å². The van der Waals surface area contributed by atoms with Crippen molar-refractivity contribution in [3.05, 3.63) is 47.7 Å². The lowest BCUT2D eigenvalue weighted by Crippen LogP contribution is -2.51. The number of aryl methyl sites for hydroxylation is 2. The highest BCUT2D eigenvalue weighted by Crippen LogP contribution is 2.54. The Labute approximate surface area is 164 Å². The summed E-state index contributed by atoms with van der Waals surface area (Å²) in [7, 11) is 0. The summed E-state index contributed by atoms with van der Waals surface area (Å²) in [6, 6.07) is 5.60. The van der Waals surface area contributed by atoms with E-state index >= 15 is 0 Å². The highest BCUT2D eigenvalue weighted by atomic mass is 16.2. The lowest BCUT2D eigenvalue weighted by atomic mass is 9.72. The number of hydrogen-bond acceptors (Lipinski definition) is 5. The number of rotatable bonds is 4. The molecule has 2 N–H and O–H groups in total. The molecule has 2 saturated carbocycles. The average Bonchev–Trinajstić information content (AvgIpc) is 2.93. The predicted octanol–water partition coefficient (Wildman–Crippen LogP) is 2.95. The molecule has 0 spiro atoms. The molecule has 7 heteroatoms. The molecule has 0 saturated heterocycles. The summed E-state index contributed by atoms with van der Waals surface area (Å²) < 4.78 is 0. The van der Waals surface area contributed by atoms with Gasteiger partial charge in [0.25, 0.3) is 5.91 Å². The molecule has 2 amide bonds. The van der Waals surface area contributed by atoms with E-state index in [0.29, 0.717) is 17.9 Å². The Bertz CT molecular complexity index is 913. The Morgan fingerprint density at radius 3 is 2.61 bits per heavy atom. The van der Waals surface area contributed by atoms with E-state index in [1.165, 1.54) is 6.20 Å². The maximum atomic E-state index is 13.1. The standard InChI is InChI=1S/C21H25N5O2/c1-14-5-3-6-17(24-14)25-19(28)20-7-4-8-21(13-20,10-9-20)26-18(27)16-12-22-15(2)11-23-16/h3,5-6,11-12H,4,7-10,13H2,1-2H3,(H,26,27)(H,24,25,28). The molecule has 7 nitrogen and oxygen atoms in total. The molecule has 146 valence electrons. The minimum absolute atomic E-state index is 0.0107. The largest absolute Gasteiger partial charge is 0.345 e. The van der Waals surface area contributed by atoms with Crippen LogP contribution < -0.4 is 10.6 Å². The molecular weight excluding hydrogens is 354 g/mol. The van der Waals surface area contributed by atoms with Crippen LogP contribution in [0, 0.1) is 19.3 Å². The molecule has 2 aliphatic carbocycles. The summed E-state index contributed by atoms with van der Waals surface area (Å²) in [4.78, 5) is 38.5. The third-order valence-corrected chi connectivity index (χ3v) is 6.07. The number of aromatic nitrogens is 3. The summed E-state index contributed by atoms with van der Waals surface area (Å²) in [5.74, 6) is 0.379. The van der Waals surface area contributed by atoms with Crippen LogP contribution in [0.3, 0.4) is 0 Å². The van der Waals surface area contributed by atoms with E-state index in [-0.39, 0.29) is 17.4 Å². The molecule has 28 heavy (non-hydrogen) atoms. The number of anilines is 1. The molecule has 2 aromatic rings. The fraction of sp³-hybridized carbons (Fsp3) is 0.476. The topological polar surface area (TPSA) is 96.9 Å². The summed E-state index contributed by atoms with van der Waals surface area (Å²) in [6.07, 6.45) is 7.95. The highest BCUT2D eigenvalue weighted by Gasteiger charge is 2.55. The van der Waals surface area contributed by atoms with Gasteiger partial charge in [-0.25, -0.2) is 9.97 Å². The van der Waals surface area contributed by atoms with Gasteiger partial charge >= 0.3 is 0 Å². The Morgan fingerprint density at radius 2 is 1.86 bits per heavy atom. The maximum absolute atomic E-state index is 13.1. The summed E-state index contributed by atoms with van der Waals surface area (Å²) in [5.41, 5.74) is 1.16. The fourth-order valence-electron chi connectivity index (χ4n) is 4.65. The lowest BCUT2D eigenvalue weighted by molar-refractivity contribution is -0.126. The molecule has 0 aliphatic heterocycles.